The van der Waals surface area contributed by atoms with Crippen LogP contribution < -0.4 is 4.72 Å². The number of nitrogens with one attached hydrogen (secondary N) is 1. The van der Waals surface area contributed by atoms with Gasteiger partial charge in [-0.3, -0.25) is 4.68 Å². The van der Waals surface area contributed by atoms with E-state index in [0.717, 1.165) is 22.4 Å². The number of aromatic nitrogens is 2. The minimum atomic E-state index is -3.54. The van der Waals surface area contributed by atoms with Crippen LogP contribution in [0, 0.1) is 20.8 Å². The van der Waals surface area contributed by atoms with Gasteiger partial charge >= 0.3 is 0 Å². The molecule has 2 rings (SSSR count). The van der Waals surface area contributed by atoms with Gasteiger partial charge in [0.25, 0.3) is 0 Å². The first kappa shape index (κ1) is 15.7. The zero-order valence-electron chi connectivity index (χ0n) is 13.0. The number of benzene rings is 1. The quantitative estimate of drug-likeness (QED) is 0.943. The van der Waals surface area contributed by atoms with E-state index in [1.54, 1.807) is 23.0 Å². The van der Waals surface area contributed by atoms with Crippen LogP contribution in [0.3, 0.4) is 0 Å². The predicted octanol–water partition coefficient (Wildman–Crippen LogP) is 2.38. The molecule has 5 nitrogen and oxygen atoms in total. The van der Waals surface area contributed by atoms with E-state index in [0.29, 0.717) is 4.90 Å². The predicted molar refractivity (Wildman–Crippen MR) is 82.6 cm³/mol. The molecule has 0 bridgehead atoms. The van der Waals surface area contributed by atoms with Gasteiger partial charge in [0.2, 0.25) is 10.0 Å². The van der Waals surface area contributed by atoms with Gasteiger partial charge < -0.3 is 0 Å². The highest BCUT2D eigenvalue weighted by atomic mass is 32.2. The van der Waals surface area contributed by atoms with Crippen LogP contribution in [0.2, 0.25) is 0 Å². The van der Waals surface area contributed by atoms with E-state index in [1.165, 1.54) is 0 Å². The SMILES string of the molecule is Cc1ccc(S(=O)(=O)NC(C)c2cnn(C)c2C)cc1C. The lowest BCUT2D eigenvalue weighted by molar-refractivity contribution is 0.566. The van der Waals surface area contributed by atoms with E-state index >= 15 is 0 Å². The molecular weight excluding hydrogens is 286 g/mol. The smallest absolute Gasteiger partial charge is 0.241 e. The molecule has 21 heavy (non-hydrogen) atoms. The molecule has 6 heteroatoms. The maximum absolute atomic E-state index is 12.5. The number of hydrogen-bond acceptors (Lipinski definition) is 3. The minimum Gasteiger partial charge on any atom is -0.273 e. The van der Waals surface area contributed by atoms with Crippen LogP contribution in [0.15, 0.2) is 29.3 Å². The minimum absolute atomic E-state index is 0.291. The number of sulfonamides is 1. The first-order valence-corrected chi connectivity index (χ1v) is 8.29. The van der Waals surface area contributed by atoms with Crippen molar-refractivity contribution in [3.05, 3.63) is 46.8 Å². The summed E-state index contributed by atoms with van der Waals surface area (Å²) in [6, 6.07) is 4.82. The Labute approximate surface area is 126 Å². The summed E-state index contributed by atoms with van der Waals surface area (Å²) in [6.07, 6.45) is 1.70. The van der Waals surface area contributed by atoms with E-state index in [2.05, 4.69) is 9.82 Å². The number of aryl methyl sites for hydroxylation is 3. The maximum Gasteiger partial charge on any atom is 0.241 e. The largest absolute Gasteiger partial charge is 0.273 e. The molecule has 0 aliphatic carbocycles. The summed E-state index contributed by atoms with van der Waals surface area (Å²) in [4.78, 5) is 0.291. The third kappa shape index (κ3) is 3.16. The van der Waals surface area contributed by atoms with Crippen LogP contribution in [0.1, 0.15) is 35.3 Å². The van der Waals surface area contributed by atoms with Gasteiger partial charge in [0.1, 0.15) is 0 Å². The molecule has 114 valence electrons. The fourth-order valence-corrected chi connectivity index (χ4v) is 3.49. The average Bonchev–Trinajstić information content (AvgIpc) is 2.72. The van der Waals surface area contributed by atoms with E-state index < -0.39 is 10.0 Å². The van der Waals surface area contributed by atoms with Crippen LogP contribution >= 0.6 is 0 Å². The van der Waals surface area contributed by atoms with Gasteiger partial charge in [-0.25, -0.2) is 13.1 Å². The molecule has 0 fully saturated rings. The summed E-state index contributed by atoms with van der Waals surface area (Å²) >= 11 is 0. The van der Waals surface area contributed by atoms with E-state index in [4.69, 9.17) is 0 Å². The Bertz CT molecular complexity index is 763. The van der Waals surface area contributed by atoms with Crippen molar-refractivity contribution >= 4 is 10.0 Å². The zero-order chi connectivity index (χ0) is 15.8. The second-order valence-electron chi connectivity index (χ2n) is 5.40. The van der Waals surface area contributed by atoms with Crippen LogP contribution in [-0.4, -0.2) is 18.2 Å². The molecule has 0 radical (unpaired) electrons. The van der Waals surface area contributed by atoms with Crippen molar-refractivity contribution in [2.75, 3.05) is 0 Å². The molecule has 0 saturated heterocycles. The third-order valence-electron chi connectivity index (χ3n) is 3.86. The van der Waals surface area contributed by atoms with Crippen LogP contribution in [-0.2, 0) is 17.1 Å². The molecule has 1 aromatic carbocycles. The normalized spacial score (nSPS) is 13.4. The molecule has 0 aliphatic heterocycles. The van der Waals surface area contributed by atoms with Gasteiger partial charge in [-0.1, -0.05) is 6.07 Å². The van der Waals surface area contributed by atoms with E-state index in [9.17, 15) is 8.42 Å². The van der Waals surface area contributed by atoms with Crippen LogP contribution in [0.5, 0.6) is 0 Å². The van der Waals surface area contributed by atoms with Crippen molar-refractivity contribution in [1.29, 1.82) is 0 Å². The molecule has 1 unspecified atom stereocenters. The molecule has 0 amide bonds. The molecule has 1 atom stereocenters. The molecule has 1 heterocycles. The van der Waals surface area contributed by atoms with Gasteiger partial charge in [-0.2, -0.15) is 5.10 Å². The van der Waals surface area contributed by atoms with Crippen molar-refractivity contribution in [3.63, 3.8) is 0 Å². The molecule has 2 aromatic rings. The lowest BCUT2D eigenvalue weighted by Crippen LogP contribution is -2.27. The summed E-state index contributed by atoms with van der Waals surface area (Å²) in [5.74, 6) is 0. The van der Waals surface area contributed by atoms with Gasteiger partial charge in [-0.05, 0) is 51.0 Å². The Hall–Kier alpha value is -1.66. The molecule has 0 saturated carbocycles. The topological polar surface area (TPSA) is 64.0 Å². The standard InChI is InChI=1S/C15H21N3O2S/c1-10-6-7-14(8-11(10)2)21(19,20)17-12(3)15-9-16-18(5)13(15)4/h6-9,12,17H,1-5H3. The van der Waals surface area contributed by atoms with E-state index in [-0.39, 0.29) is 6.04 Å². The Morgan fingerprint density at radius 1 is 1.19 bits per heavy atom. The Morgan fingerprint density at radius 3 is 2.38 bits per heavy atom. The van der Waals surface area contributed by atoms with Crippen molar-refractivity contribution in [3.8, 4) is 0 Å². The lowest BCUT2D eigenvalue weighted by atomic mass is 10.1. The number of nitrogens with zero attached hydrogens (tertiary/aromatic N) is 2. The molecule has 0 aliphatic rings. The second-order valence-corrected chi connectivity index (χ2v) is 7.11. The maximum atomic E-state index is 12.5. The van der Waals surface area contributed by atoms with Crippen LogP contribution in [0.4, 0.5) is 0 Å². The van der Waals surface area contributed by atoms with E-state index in [1.807, 2.05) is 40.8 Å². The second kappa shape index (κ2) is 5.61. The van der Waals surface area contributed by atoms with Crippen LogP contribution in [0.25, 0.3) is 0 Å². The zero-order valence-corrected chi connectivity index (χ0v) is 13.8. The summed E-state index contributed by atoms with van der Waals surface area (Å²) in [7, 11) is -1.70. The third-order valence-corrected chi connectivity index (χ3v) is 5.40. The van der Waals surface area contributed by atoms with Gasteiger partial charge in [0.15, 0.2) is 0 Å². The Morgan fingerprint density at radius 2 is 1.86 bits per heavy atom. The molecule has 1 aromatic heterocycles. The summed E-state index contributed by atoms with van der Waals surface area (Å²) in [5.41, 5.74) is 3.86. The van der Waals surface area contributed by atoms with Crippen molar-refractivity contribution in [2.24, 2.45) is 7.05 Å². The molecule has 1 N–H and O–H groups in total. The summed E-state index contributed by atoms with van der Waals surface area (Å²) < 4.78 is 29.4. The fraction of sp³-hybridized carbons (Fsp3) is 0.400. The van der Waals surface area contributed by atoms with Crippen molar-refractivity contribution in [1.82, 2.24) is 14.5 Å². The number of hydrogen-bond donors (Lipinski definition) is 1. The lowest BCUT2D eigenvalue weighted by Gasteiger charge is -2.15. The monoisotopic (exact) mass is 307 g/mol. The average molecular weight is 307 g/mol. The Kier molecular flexibility index (Phi) is 4.20. The summed E-state index contributed by atoms with van der Waals surface area (Å²) in [6.45, 7) is 7.61. The highest BCUT2D eigenvalue weighted by Gasteiger charge is 2.21. The highest BCUT2D eigenvalue weighted by Crippen LogP contribution is 2.20. The summed E-state index contributed by atoms with van der Waals surface area (Å²) in [5, 5.41) is 4.15. The van der Waals surface area contributed by atoms with Gasteiger partial charge in [-0.15, -0.1) is 0 Å². The first-order valence-electron chi connectivity index (χ1n) is 6.80. The Balaban J connectivity index is 2.28. The molecular formula is C15H21N3O2S. The fourth-order valence-electron chi connectivity index (χ4n) is 2.19. The van der Waals surface area contributed by atoms with Gasteiger partial charge in [0, 0.05) is 24.3 Å². The van der Waals surface area contributed by atoms with Crippen molar-refractivity contribution in [2.45, 2.75) is 38.6 Å². The molecule has 0 spiro atoms. The van der Waals surface area contributed by atoms with Gasteiger partial charge in [0.05, 0.1) is 11.1 Å². The highest BCUT2D eigenvalue weighted by molar-refractivity contribution is 7.89. The first-order chi connectivity index (χ1) is 9.72. The van der Waals surface area contributed by atoms with Crippen molar-refractivity contribution < 1.29 is 8.42 Å². The number of rotatable bonds is 4.